The lowest BCUT2D eigenvalue weighted by atomic mass is 10.0. The van der Waals surface area contributed by atoms with Crippen LogP contribution in [0.5, 0.6) is 17.2 Å². The van der Waals surface area contributed by atoms with Crippen LogP contribution < -0.4 is 25.5 Å². The summed E-state index contributed by atoms with van der Waals surface area (Å²) in [6, 6.07) is 9.47. The fraction of sp³-hybridized carbons (Fsp3) is 0.464. The maximum absolute atomic E-state index is 13.8. The minimum atomic E-state index is -1.29. The van der Waals surface area contributed by atoms with Gasteiger partial charge >= 0.3 is 5.69 Å². The molecule has 3 aromatic rings. The van der Waals surface area contributed by atoms with Crippen LogP contribution in [0.25, 0.3) is 10.9 Å². The zero-order valence-corrected chi connectivity index (χ0v) is 22.1. The van der Waals surface area contributed by atoms with Crippen molar-refractivity contribution in [3.05, 3.63) is 62.8 Å². The zero-order valence-electron chi connectivity index (χ0n) is 22.1. The Morgan fingerprint density at radius 1 is 1.05 bits per heavy atom. The highest BCUT2D eigenvalue weighted by Gasteiger charge is 2.25. The fourth-order valence-electron chi connectivity index (χ4n) is 4.80. The summed E-state index contributed by atoms with van der Waals surface area (Å²) >= 11 is 0. The third-order valence-corrected chi connectivity index (χ3v) is 6.83. The molecule has 4 rings (SSSR count). The molecule has 11 heteroatoms. The highest BCUT2D eigenvalue weighted by molar-refractivity contribution is 5.80. The van der Waals surface area contributed by atoms with Crippen LogP contribution in [-0.4, -0.2) is 66.7 Å². The summed E-state index contributed by atoms with van der Waals surface area (Å²) < 4.78 is 45.5. The summed E-state index contributed by atoms with van der Waals surface area (Å²) in [5.74, 6) is 1.17. The number of fused-ring (bicyclic) bond motifs is 1. The lowest BCUT2D eigenvalue weighted by Crippen LogP contribution is -2.44. The van der Waals surface area contributed by atoms with Gasteiger partial charge in [0.15, 0.2) is 17.6 Å². The van der Waals surface area contributed by atoms with Crippen molar-refractivity contribution < 1.29 is 27.8 Å². The molecule has 0 saturated carbocycles. The van der Waals surface area contributed by atoms with Gasteiger partial charge in [-0.1, -0.05) is 13.0 Å². The predicted molar refractivity (Wildman–Crippen MR) is 143 cm³/mol. The number of nitrogens with zero attached hydrogens (tertiary/aromatic N) is 3. The Morgan fingerprint density at radius 2 is 1.79 bits per heavy atom. The minimum absolute atomic E-state index is 0.0339. The number of aromatic nitrogens is 2. The first-order chi connectivity index (χ1) is 18.9. The van der Waals surface area contributed by atoms with E-state index < -0.39 is 30.7 Å². The lowest BCUT2D eigenvalue weighted by Gasteiger charge is -2.31. The molecule has 0 atom stereocenters. The summed E-state index contributed by atoms with van der Waals surface area (Å²) in [5.41, 5.74) is 0.0146. The van der Waals surface area contributed by atoms with Gasteiger partial charge in [-0.05, 0) is 55.2 Å². The number of amides is 1. The second kappa shape index (κ2) is 12.8. The van der Waals surface area contributed by atoms with Gasteiger partial charge in [0, 0.05) is 19.1 Å². The molecule has 9 nitrogen and oxygen atoms in total. The van der Waals surface area contributed by atoms with Crippen LogP contribution in [-0.2, 0) is 11.3 Å². The normalized spacial score (nSPS) is 14.1. The topological polar surface area (TPSA) is 92.0 Å². The van der Waals surface area contributed by atoms with Crippen LogP contribution in [0.4, 0.5) is 8.78 Å². The van der Waals surface area contributed by atoms with E-state index in [2.05, 4.69) is 0 Å². The average Bonchev–Trinajstić information content (AvgIpc) is 2.97. The number of benzene rings is 2. The van der Waals surface area contributed by atoms with E-state index >= 15 is 0 Å². The second-order valence-corrected chi connectivity index (χ2v) is 9.48. The molecule has 1 saturated heterocycles. The van der Waals surface area contributed by atoms with E-state index in [1.54, 1.807) is 33.7 Å². The van der Waals surface area contributed by atoms with Gasteiger partial charge in [-0.25, -0.2) is 13.6 Å². The average molecular weight is 546 g/mol. The smallest absolute Gasteiger partial charge is 0.332 e. The third-order valence-electron chi connectivity index (χ3n) is 6.83. The van der Waals surface area contributed by atoms with Gasteiger partial charge in [0.05, 0.1) is 31.2 Å². The van der Waals surface area contributed by atoms with Crippen LogP contribution >= 0.6 is 0 Å². The van der Waals surface area contributed by atoms with Crippen molar-refractivity contribution in [3.8, 4) is 17.2 Å². The van der Waals surface area contributed by atoms with E-state index in [-0.39, 0.29) is 23.7 Å². The van der Waals surface area contributed by atoms with E-state index in [4.69, 9.17) is 14.2 Å². The summed E-state index contributed by atoms with van der Waals surface area (Å²) in [6.45, 7) is 1.39. The number of methoxy groups -OCH3 is 1. The molecule has 1 aliphatic heterocycles. The molecule has 0 unspecified atom stereocenters. The van der Waals surface area contributed by atoms with Gasteiger partial charge in [-0.3, -0.25) is 18.7 Å². The molecule has 0 aliphatic carbocycles. The first kappa shape index (κ1) is 28.1. The predicted octanol–water partition coefficient (Wildman–Crippen LogP) is 3.49. The Kier molecular flexibility index (Phi) is 9.21. The fourth-order valence-corrected chi connectivity index (χ4v) is 4.80. The maximum Gasteiger partial charge on any atom is 0.332 e. The molecular formula is C28H33F2N3O6. The standard InChI is InChI=1S/C28H33F2N3O6/c1-3-12-38-25-7-4-19(13-26(25)37-2)17-32-27(35)23-14-21(39-22(15-29)16-30)5-6-24(23)33(28(32)36)20-8-10-31(18-34)11-9-20/h4-7,13-14,18,20,22H,3,8-12,15-17H2,1-2H3. The number of hydrogen-bond acceptors (Lipinski definition) is 6. The Hall–Kier alpha value is -3.89. The van der Waals surface area contributed by atoms with Gasteiger partial charge in [-0.15, -0.1) is 0 Å². The third kappa shape index (κ3) is 6.07. The molecule has 1 fully saturated rings. The number of halogens is 2. The van der Waals surface area contributed by atoms with Crippen LogP contribution in [0.15, 0.2) is 46.0 Å². The summed E-state index contributed by atoms with van der Waals surface area (Å²) in [4.78, 5) is 40.4. The molecule has 0 N–H and O–H groups in total. The maximum atomic E-state index is 13.8. The Balaban J connectivity index is 1.82. The molecule has 1 amide bonds. The van der Waals surface area contributed by atoms with Crippen molar-refractivity contribution in [1.29, 1.82) is 0 Å². The first-order valence-electron chi connectivity index (χ1n) is 13.0. The summed E-state index contributed by atoms with van der Waals surface area (Å²) in [6.07, 6.45) is 1.39. The number of piperidine rings is 1. The Labute approximate surface area is 224 Å². The number of ether oxygens (including phenoxy) is 3. The molecule has 210 valence electrons. The quantitative estimate of drug-likeness (QED) is 0.324. The highest BCUT2D eigenvalue weighted by Crippen LogP contribution is 2.29. The first-order valence-corrected chi connectivity index (χ1v) is 13.0. The largest absolute Gasteiger partial charge is 0.493 e. The molecule has 2 aromatic carbocycles. The highest BCUT2D eigenvalue weighted by atomic mass is 19.1. The monoisotopic (exact) mass is 545 g/mol. The van der Waals surface area contributed by atoms with E-state index in [0.29, 0.717) is 55.1 Å². The van der Waals surface area contributed by atoms with E-state index in [9.17, 15) is 23.2 Å². The lowest BCUT2D eigenvalue weighted by molar-refractivity contribution is -0.119. The van der Waals surface area contributed by atoms with Crippen molar-refractivity contribution in [3.63, 3.8) is 0 Å². The van der Waals surface area contributed by atoms with Crippen molar-refractivity contribution >= 4 is 17.3 Å². The van der Waals surface area contributed by atoms with E-state index in [0.717, 1.165) is 17.4 Å². The Morgan fingerprint density at radius 3 is 2.44 bits per heavy atom. The molecular weight excluding hydrogens is 512 g/mol. The molecule has 0 spiro atoms. The number of rotatable bonds is 12. The molecule has 1 aliphatic rings. The van der Waals surface area contributed by atoms with Crippen molar-refractivity contribution in [2.24, 2.45) is 0 Å². The number of likely N-dealkylation sites (tertiary alicyclic amines) is 1. The SMILES string of the molecule is CCCOc1ccc(Cn2c(=O)c3cc(OC(CF)CF)ccc3n(C3CCN(C=O)CC3)c2=O)cc1OC. The Bertz CT molecular complexity index is 1410. The second-order valence-electron chi connectivity index (χ2n) is 9.48. The van der Waals surface area contributed by atoms with E-state index in [1.165, 1.54) is 19.2 Å². The zero-order chi connectivity index (χ0) is 27.9. The number of carbonyl (C=O) groups is 1. The van der Waals surface area contributed by atoms with Crippen LogP contribution in [0.1, 0.15) is 37.8 Å². The van der Waals surface area contributed by atoms with Crippen molar-refractivity contribution in [1.82, 2.24) is 14.0 Å². The summed E-state index contributed by atoms with van der Waals surface area (Å²) in [5, 5.41) is 0.191. The van der Waals surface area contributed by atoms with Gasteiger partial charge in [0.25, 0.3) is 5.56 Å². The molecule has 39 heavy (non-hydrogen) atoms. The molecule has 0 bridgehead atoms. The number of alkyl halides is 2. The molecule has 2 heterocycles. The number of carbonyl (C=O) groups excluding carboxylic acids is 1. The summed E-state index contributed by atoms with van der Waals surface area (Å²) in [7, 11) is 1.52. The van der Waals surface area contributed by atoms with Crippen LogP contribution in [0, 0.1) is 0 Å². The van der Waals surface area contributed by atoms with E-state index in [1.807, 2.05) is 6.92 Å². The van der Waals surface area contributed by atoms with Crippen molar-refractivity contribution in [2.45, 2.75) is 44.9 Å². The van der Waals surface area contributed by atoms with Crippen LogP contribution in [0.3, 0.4) is 0 Å². The van der Waals surface area contributed by atoms with Gasteiger partial charge in [-0.2, -0.15) is 0 Å². The van der Waals surface area contributed by atoms with Gasteiger partial charge in [0.2, 0.25) is 6.41 Å². The minimum Gasteiger partial charge on any atom is -0.493 e. The van der Waals surface area contributed by atoms with Crippen LogP contribution in [0.2, 0.25) is 0 Å². The molecule has 1 aromatic heterocycles. The van der Waals surface area contributed by atoms with Crippen molar-refractivity contribution in [2.75, 3.05) is 40.2 Å². The van der Waals surface area contributed by atoms with Gasteiger partial charge in [0.1, 0.15) is 19.1 Å². The number of hydrogen-bond donors (Lipinski definition) is 0. The molecule has 0 radical (unpaired) electrons. The van der Waals surface area contributed by atoms with Gasteiger partial charge < -0.3 is 19.1 Å².